The number of hydrazone groups is 1. The van der Waals surface area contributed by atoms with Gasteiger partial charge in [-0.05, 0) is 54.6 Å². The maximum absolute atomic E-state index is 12.3. The first kappa shape index (κ1) is 22.6. The number of halogens is 3. The van der Waals surface area contributed by atoms with Gasteiger partial charge >= 0.3 is 5.97 Å². The minimum absolute atomic E-state index is 0.282. The molecule has 0 aliphatic carbocycles. The highest BCUT2D eigenvalue weighted by atomic mass is 35.5. The molecule has 31 heavy (non-hydrogen) atoms. The quantitative estimate of drug-likeness (QED) is 0.214. The van der Waals surface area contributed by atoms with Crippen LogP contribution in [0.3, 0.4) is 0 Å². The summed E-state index contributed by atoms with van der Waals surface area (Å²) in [6, 6.07) is 17.7. The number of nitrogens with one attached hydrogen (secondary N) is 1. The van der Waals surface area contributed by atoms with Gasteiger partial charge in [0, 0.05) is 15.6 Å². The summed E-state index contributed by atoms with van der Waals surface area (Å²) >= 11 is 17.6. The molecular weight excluding hydrogens is 463 g/mol. The molecule has 0 saturated heterocycles. The lowest BCUT2D eigenvalue weighted by Gasteiger charge is -2.08. The maximum Gasteiger partial charge on any atom is 0.343 e. The molecule has 3 aromatic rings. The van der Waals surface area contributed by atoms with Crippen LogP contribution in [0.25, 0.3) is 0 Å². The van der Waals surface area contributed by atoms with Gasteiger partial charge in [0.05, 0.1) is 16.8 Å². The number of rotatable bonds is 7. The van der Waals surface area contributed by atoms with Crippen LogP contribution in [0.1, 0.15) is 15.9 Å². The molecule has 0 aromatic heterocycles. The van der Waals surface area contributed by atoms with Crippen LogP contribution in [0.4, 0.5) is 0 Å². The fraction of sp³-hybridized carbons (Fsp3) is 0.0455. The number of amides is 1. The standard InChI is InChI=1S/C22H15Cl3N2O4/c23-16-7-5-14(6-8-16)22(29)31-19-4-2-1-3-15(19)12-26-27-21(28)13-30-20-10-9-17(24)11-18(20)25/h1-12H,13H2,(H,27,28)/b26-12+. The predicted molar refractivity (Wildman–Crippen MR) is 121 cm³/mol. The second kappa shape index (κ2) is 10.8. The number of carbonyl (C=O) groups is 2. The molecule has 0 spiro atoms. The molecule has 1 amide bonds. The van der Waals surface area contributed by atoms with Crippen LogP contribution in [0.5, 0.6) is 11.5 Å². The number of esters is 1. The average molecular weight is 478 g/mol. The molecule has 158 valence electrons. The van der Waals surface area contributed by atoms with Crippen molar-refractivity contribution in [3.63, 3.8) is 0 Å². The highest BCUT2D eigenvalue weighted by Gasteiger charge is 2.11. The second-order valence-electron chi connectivity index (χ2n) is 6.09. The van der Waals surface area contributed by atoms with Crippen LogP contribution in [-0.4, -0.2) is 24.7 Å². The lowest BCUT2D eigenvalue weighted by atomic mass is 10.2. The Morgan fingerprint density at radius 3 is 2.35 bits per heavy atom. The molecule has 0 bridgehead atoms. The van der Waals surface area contributed by atoms with Crippen molar-refractivity contribution in [2.45, 2.75) is 0 Å². The van der Waals surface area contributed by atoms with Gasteiger partial charge in [0.25, 0.3) is 5.91 Å². The third-order valence-electron chi connectivity index (χ3n) is 3.85. The van der Waals surface area contributed by atoms with Gasteiger partial charge in [0.15, 0.2) is 6.61 Å². The fourth-order valence-corrected chi connectivity index (χ4v) is 2.96. The van der Waals surface area contributed by atoms with Gasteiger partial charge in [-0.1, -0.05) is 46.9 Å². The van der Waals surface area contributed by atoms with Gasteiger partial charge in [-0.2, -0.15) is 5.10 Å². The van der Waals surface area contributed by atoms with Crippen LogP contribution in [0.15, 0.2) is 71.8 Å². The molecule has 0 radical (unpaired) electrons. The smallest absolute Gasteiger partial charge is 0.343 e. The maximum atomic E-state index is 12.3. The topological polar surface area (TPSA) is 77.0 Å². The zero-order valence-corrected chi connectivity index (χ0v) is 18.1. The lowest BCUT2D eigenvalue weighted by Crippen LogP contribution is -2.24. The first-order valence-electron chi connectivity index (χ1n) is 8.89. The van der Waals surface area contributed by atoms with Gasteiger partial charge in [-0.3, -0.25) is 4.79 Å². The Balaban J connectivity index is 1.57. The van der Waals surface area contributed by atoms with Crippen LogP contribution >= 0.6 is 34.8 Å². The summed E-state index contributed by atoms with van der Waals surface area (Å²) in [6.45, 7) is -0.300. The summed E-state index contributed by atoms with van der Waals surface area (Å²) in [5, 5.41) is 5.14. The molecule has 0 aliphatic heterocycles. The summed E-state index contributed by atoms with van der Waals surface area (Å²) in [7, 11) is 0. The van der Waals surface area contributed by atoms with E-state index in [1.54, 1.807) is 60.7 Å². The van der Waals surface area contributed by atoms with E-state index in [1.807, 2.05) is 0 Å². The number of benzene rings is 3. The van der Waals surface area contributed by atoms with Crippen molar-refractivity contribution in [2.75, 3.05) is 6.61 Å². The van der Waals surface area contributed by atoms with Gasteiger partial charge in [-0.15, -0.1) is 0 Å². The van der Waals surface area contributed by atoms with Gasteiger partial charge in [0.1, 0.15) is 11.5 Å². The molecule has 0 fully saturated rings. The Hall–Kier alpha value is -3.06. The normalized spacial score (nSPS) is 10.7. The Morgan fingerprint density at radius 2 is 1.61 bits per heavy atom. The van der Waals surface area contributed by atoms with E-state index >= 15 is 0 Å². The summed E-state index contributed by atoms with van der Waals surface area (Å²) in [5.41, 5.74) is 3.17. The first-order valence-corrected chi connectivity index (χ1v) is 10.0. The number of hydrogen-bond donors (Lipinski definition) is 1. The number of hydrogen-bond acceptors (Lipinski definition) is 5. The third-order valence-corrected chi connectivity index (χ3v) is 4.63. The minimum atomic E-state index is -0.546. The van der Waals surface area contributed by atoms with E-state index in [-0.39, 0.29) is 12.4 Å². The Morgan fingerprint density at radius 1 is 0.903 bits per heavy atom. The third kappa shape index (κ3) is 6.72. The van der Waals surface area contributed by atoms with E-state index in [9.17, 15) is 9.59 Å². The van der Waals surface area contributed by atoms with E-state index < -0.39 is 11.9 Å². The van der Waals surface area contributed by atoms with Crippen molar-refractivity contribution in [1.82, 2.24) is 5.43 Å². The molecule has 0 unspecified atom stereocenters. The predicted octanol–water partition coefficient (Wildman–Crippen LogP) is 5.40. The van der Waals surface area contributed by atoms with E-state index in [4.69, 9.17) is 44.3 Å². The molecule has 0 heterocycles. The number of ether oxygens (including phenoxy) is 2. The zero-order chi connectivity index (χ0) is 22.2. The molecular formula is C22H15Cl3N2O4. The number of carbonyl (C=O) groups excluding carboxylic acids is 2. The molecule has 0 atom stereocenters. The Kier molecular flexibility index (Phi) is 7.89. The lowest BCUT2D eigenvalue weighted by molar-refractivity contribution is -0.123. The van der Waals surface area contributed by atoms with Crippen LogP contribution in [0.2, 0.25) is 15.1 Å². The van der Waals surface area contributed by atoms with Crippen molar-refractivity contribution >= 4 is 52.9 Å². The van der Waals surface area contributed by atoms with Crippen molar-refractivity contribution in [3.8, 4) is 11.5 Å². The number of nitrogens with zero attached hydrogens (tertiary/aromatic N) is 1. The van der Waals surface area contributed by atoms with E-state index in [0.717, 1.165) is 0 Å². The van der Waals surface area contributed by atoms with Crippen molar-refractivity contribution in [2.24, 2.45) is 5.10 Å². The molecule has 1 N–H and O–H groups in total. The highest BCUT2D eigenvalue weighted by molar-refractivity contribution is 6.35. The van der Waals surface area contributed by atoms with Crippen LogP contribution in [0, 0.1) is 0 Å². The summed E-state index contributed by atoms with van der Waals surface area (Å²) in [5.74, 6) is -0.443. The number of para-hydroxylation sites is 1. The molecule has 3 aromatic carbocycles. The SMILES string of the molecule is O=C(COc1ccc(Cl)cc1Cl)N/N=C/c1ccccc1OC(=O)c1ccc(Cl)cc1. The molecule has 0 saturated carbocycles. The fourth-order valence-electron chi connectivity index (χ4n) is 2.37. The van der Waals surface area contributed by atoms with Crippen molar-refractivity contribution in [1.29, 1.82) is 0 Å². The van der Waals surface area contributed by atoms with Crippen LogP contribution in [-0.2, 0) is 4.79 Å². The zero-order valence-electron chi connectivity index (χ0n) is 15.8. The monoisotopic (exact) mass is 476 g/mol. The van der Waals surface area contributed by atoms with Crippen molar-refractivity contribution in [3.05, 3.63) is 92.9 Å². The van der Waals surface area contributed by atoms with E-state index in [0.29, 0.717) is 31.9 Å². The van der Waals surface area contributed by atoms with Gasteiger partial charge in [-0.25, -0.2) is 10.2 Å². The Labute approximate surface area is 193 Å². The van der Waals surface area contributed by atoms with Gasteiger partial charge in [0.2, 0.25) is 0 Å². The summed E-state index contributed by atoms with van der Waals surface area (Å²) in [6.07, 6.45) is 1.36. The molecule has 9 heteroatoms. The molecule has 6 nitrogen and oxygen atoms in total. The van der Waals surface area contributed by atoms with E-state index in [2.05, 4.69) is 10.5 Å². The van der Waals surface area contributed by atoms with E-state index in [1.165, 1.54) is 12.3 Å². The molecule has 0 aliphatic rings. The summed E-state index contributed by atoms with van der Waals surface area (Å²) < 4.78 is 10.8. The van der Waals surface area contributed by atoms with Gasteiger partial charge < -0.3 is 9.47 Å². The minimum Gasteiger partial charge on any atom is -0.482 e. The Bertz CT molecular complexity index is 1120. The van der Waals surface area contributed by atoms with Crippen molar-refractivity contribution < 1.29 is 19.1 Å². The largest absolute Gasteiger partial charge is 0.482 e. The second-order valence-corrected chi connectivity index (χ2v) is 7.37. The highest BCUT2D eigenvalue weighted by Crippen LogP contribution is 2.27. The molecule has 3 rings (SSSR count). The first-order chi connectivity index (χ1) is 14.9. The van der Waals surface area contributed by atoms with Crippen LogP contribution < -0.4 is 14.9 Å². The average Bonchev–Trinajstić information content (AvgIpc) is 2.75. The summed E-state index contributed by atoms with van der Waals surface area (Å²) in [4.78, 5) is 24.3.